The van der Waals surface area contributed by atoms with Crippen LogP contribution in [0.2, 0.25) is 0 Å². The molecule has 152 valence electrons. The van der Waals surface area contributed by atoms with Crippen LogP contribution in [-0.4, -0.2) is 11.8 Å². The van der Waals surface area contributed by atoms with Gasteiger partial charge in [-0.15, -0.1) is 0 Å². The summed E-state index contributed by atoms with van der Waals surface area (Å²) in [5, 5.41) is 4.70. The fourth-order valence-corrected chi connectivity index (χ4v) is 3.67. The normalized spacial score (nSPS) is 18.0. The van der Waals surface area contributed by atoms with Crippen LogP contribution < -0.4 is 10.6 Å². The van der Waals surface area contributed by atoms with Crippen molar-refractivity contribution in [3.63, 3.8) is 0 Å². The number of carbonyl (C=O) groups is 2. The molecule has 29 heavy (non-hydrogen) atoms. The van der Waals surface area contributed by atoms with Crippen LogP contribution in [0.3, 0.4) is 0 Å². The summed E-state index contributed by atoms with van der Waals surface area (Å²) in [5.41, 5.74) is -2.94. The van der Waals surface area contributed by atoms with E-state index >= 15 is 0 Å². The highest BCUT2D eigenvalue weighted by atomic mass is 19.4. The van der Waals surface area contributed by atoms with Gasteiger partial charge in [-0.05, 0) is 48.2 Å². The number of nitrogens with one attached hydrogen (secondary N) is 2. The highest BCUT2D eigenvalue weighted by Crippen LogP contribution is 2.44. The standard InChI is InChI=1S/C19H12F6N2O2/c20-18(21,22)11-3-1-9-7-17(15(28)26-13(9)5-11)8-10-2-4-12(19(23,24)25)6-14(10)27-16(17)29/h1-6H,7-8H2,(H,26,28)(H,27,29). The van der Waals surface area contributed by atoms with Crippen molar-refractivity contribution in [1.29, 1.82) is 0 Å². The molecule has 2 amide bonds. The van der Waals surface area contributed by atoms with E-state index < -0.39 is 40.7 Å². The Labute approximate surface area is 159 Å². The SMILES string of the molecule is O=C1Nc2cc(C(F)(F)F)ccc2CC12Cc1ccc(C(F)(F)F)cc1NC2=O. The van der Waals surface area contributed by atoms with E-state index in [-0.39, 0.29) is 24.2 Å². The number of benzene rings is 2. The summed E-state index contributed by atoms with van der Waals surface area (Å²) >= 11 is 0. The third-order valence-electron chi connectivity index (χ3n) is 5.22. The molecule has 2 aromatic rings. The molecule has 0 radical (unpaired) electrons. The lowest BCUT2D eigenvalue weighted by Crippen LogP contribution is -2.53. The first-order valence-electron chi connectivity index (χ1n) is 8.43. The number of carbonyl (C=O) groups excluding carboxylic acids is 2. The average molecular weight is 414 g/mol. The first-order valence-corrected chi connectivity index (χ1v) is 8.43. The molecular formula is C19H12F6N2O2. The van der Waals surface area contributed by atoms with Gasteiger partial charge in [0.2, 0.25) is 11.8 Å². The Morgan fingerprint density at radius 2 is 1.07 bits per heavy atom. The number of rotatable bonds is 0. The van der Waals surface area contributed by atoms with Crippen LogP contribution in [0, 0.1) is 5.41 Å². The Kier molecular flexibility index (Phi) is 3.97. The van der Waals surface area contributed by atoms with Crippen molar-refractivity contribution in [3.8, 4) is 0 Å². The Bertz CT molecular complexity index is 958. The van der Waals surface area contributed by atoms with E-state index in [0.29, 0.717) is 11.1 Å². The molecule has 0 aliphatic carbocycles. The van der Waals surface area contributed by atoms with Crippen LogP contribution in [0.15, 0.2) is 36.4 Å². The van der Waals surface area contributed by atoms with Gasteiger partial charge in [0.15, 0.2) is 0 Å². The topological polar surface area (TPSA) is 58.2 Å². The van der Waals surface area contributed by atoms with Crippen LogP contribution in [0.1, 0.15) is 22.3 Å². The molecule has 0 aromatic heterocycles. The molecule has 2 aliphatic heterocycles. The van der Waals surface area contributed by atoms with Gasteiger partial charge in [0.1, 0.15) is 5.41 Å². The maximum Gasteiger partial charge on any atom is 0.416 e. The minimum Gasteiger partial charge on any atom is -0.325 e. The smallest absolute Gasteiger partial charge is 0.325 e. The molecule has 10 heteroatoms. The van der Waals surface area contributed by atoms with Crippen molar-refractivity contribution in [2.45, 2.75) is 25.2 Å². The first kappa shape index (κ1) is 19.3. The third kappa shape index (κ3) is 3.12. The van der Waals surface area contributed by atoms with Crippen LogP contribution in [0.5, 0.6) is 0 Å². The lowest BCUT2D eigenvalue weighted by molar-refractivity contribution is -0.140. The summed E-state index contributed by atoms with van der Waals surface area (Å²) in [6, 6.07) is 5.68. The van der Waals surface area contributed by atoms with E-state index in [9.17, 15) is 35.9 Å². The second kappa shape index (κ2) is 5.98. The molecule has 4 rings (SSSR count). The first-order chi connectivity index (χ1) is 13.4. The van der Waals surface area contributed by atoms with Gasteiger partial charge in [-0.3, -0.25) is 9.59 Å². The highest BCUT2D eigenvalue weighted by molar-refractivity contribution is 6.18. The molecule has 0 bridgehead atoms. The van der Waals surface area contributed by atoms with E-state index in [2.05, 4.69) is 10.6 Å². The lowest BCUT2D eigenvalue weighted by atomic mass is 9.70. The summed E-state index contributed by atoms with van der Waals surface area (Å²) in [6.45, 7) is 0. The zero-order valence-electron chi connectivity index (χ0n) is 14.5. The van der Waals surface area contributed by atoms with E-state index in [1.54, 1.807) is 0 Å². The number of halogens is 6. The number of hydrogen-bond acceptors (Lipinski definition) is 2. The molecule has 0 saturated heterocycles. The van der Waals surface area contributed by atoms with E-state index in [1.165, 1.54) is 12.1 Å². The number of alkyl halides is 6. The number of amides is 2. The van der Waals surface area contributed by atoms with Gasteiger partial charge in [0.05, 0.1) is 11.1 Å². The molecule has 0 atom stereocenters. The summed E-state index contributed by atoms with van der Waals surface area (Å²) in [5.74, 6) is -1.60. The Balaban J connectivity index is 1.71. The fourth-order valence-electron chi connectivity index (χ4n) is 3.67. The van der Waals surface area contributed by atoms with Crippen LogP contribution >= 0.6 is 0 Å². The van der Waals surface area contributed by atoms with Crippen molar-refractivity contribution in [1.82, 2.24) is 0 Å². The second-order valence-electron chi connectivity index (χ2n) is 7.08. The van der Waals surface area contributed by atoms with Crippen molar-refractivity contribution in [2.24, 2.45) is 5.41 Å². The molecule has 2 N–H and O–H groups in total. The van der Waals surface area contributed by atoms with E-state index in [0.717, 1.165) is 24.3 Å². The predicted octanol–water partition coefficient (Wildman–Crippen LogP) is 4.40. The third-order valence-corrected chi connectivity index (χ3v) is 5.22. The second-order valence-corrected chi connectivity index (χ2v) is 7.08. The van der Waals surface area contributed by atoms with Gasteiger partial charge in [0, 0.05) is 11.4 Å². The van der Waals surface area contributed by atoms with Gasteiger partial charge in [-0.1, -0.05) is 12.1 Å². The monoisotopic (exact) mass is 414 g/mol. The Morgan fingerprint density at radius 1 is 0.690 bits per heavy atom. The zero-order valence-corrected chi connectivity index (χ0v) is 14.5. The molecule has 2 aromatic carbocycles. The van der Waals surface area contributed by atoms with Gasteiger partial charge >= 0.3 is 12.4 Å². The molecule has 0 unspecified atom stereocenters. The van der Waals surface area contributed by atoms with E-state index in [4.69, 9.17) is 0 Å². The molecule has 4 nitrogen and oxygen atoms in total. The lowest BCUT2D eigenvalue weighted by Gasteiger charge is -2.39. The van der Waals surface area contributed by atoms with E-state index in [1.807, 2.05) is 0 Å². The largest absolute Gasteiger partial charge is 0.416 e. The summed E-state index contributed by atoms with van der Waals surface area (Å²) in [7, 11) is 0. The Hall–Kier alpha value is -3.04. The molecule has 0 saturated carbocycles. The quantitative estimate of drug-likeness (QED) is 0.496. The Morgan fingerprint density at radius 3 is 1.41 bits per heavy atom. The molecule has 2 aliphatic rings. The fraction of sp³-hybridized carbons (Fsp3) is 0.263. The summed E-state index contributed by atoms with van der Waals surface area (Å²) in [6.07, 6.45) is -9.52. The molecule has 0 fully saturated rings. The number of fused-ring (bicyclic) bond motifs is 2. The minimum atomic E-state index is -4.59. The van der Waals surface area contributed by atoms with Crippen molar-refractivity contribution in [3.05, 3.63) is 58.7 Å². The van der Waals surface area contributed by atoms with Gasteiger partial charge in [0.25, 0.3) is 0 Å². The predicted molar refractivity (Wildman–Crippen MR) is 90.0 cm³/mol. The number of anilines is 2. The molecule has 2 heterocycles. The number of hydrogen-bond donors (Lipinski definition) is 2. The molecular weight excluding hydrogens is 402 g/mol. The zero-order chi connectivity index (χ0) is 21.2. The van der Waals surface area contributed by atoms with Gasteiger partial charge in [-0.25, -0.2) is 0 Å². The van der Waals surface area contributed by atoms with Gasteiger partial charge in [-0.2, -0.15) is 26.3 Å². The highest BCUT2D eigenvalue weighted by Gasteiger charge is 2.52. The van der Waals surface area contributed by atoms with Crippen LogP contribution in [0.25, 0.3) is 0 Å². The average Bonchev–Trinajstić information content (AvgIpc) is 2.61. The maximum atomic E-state index is 12.9. The van der Waals surface area contributed by atoms with Crippen LogP contribution in [-0.2, 0) is 34.8 Å². The minimum absolute atomic E-state index is 0.0403. The van der Waals surface area contributed by atoms with Crippen molar-refractivity contribution in [2.75, 3.05) is 10.6 Å². The van der Waals surface area contributed by atoms with Gasteiger partial charge < -0.3 is 10.6 Å². The van der Waals surface area contributed by atoms with Crippen molar-refractivity contribution < 1.29 is 35.9 Å². The summed E-state index contributed by atoms with van der Waals surface area (Å²) < 4.78 is 77.3. The summed E-state index contributed by atoms with van der Waals surface area (Å²) in [4.78, 5) is 25.4. The molecule has 1 spiro atoms. The van der Waals surface area contributed by atoms with Crippen molar-refractivity contribution >= 4 is 23.2 Å². The maximum absolute atomic E-state index is 12.9. The van der Waals surface area contributed by atoms with Crippen LogP contribution in [0.4, 0.5) is 37.7 Å².